The minimum atomic E-state index is -0.520. The molecule has 3 aliphatic rings. The Kier molecular flexibility index (Phi) is 9.20. The summed E-state index contributed by atoms with van der Waals surface area (Å²) in [7, 11) is 1.61. The van der Waals surface area contributed by atoms with E-state index in [0.29, 0.717) is 23.6 Å². The van der Waals surface area contributed by atoms with Crippen molar-refractivity contribution in [3.63, 3.8) is 0 Å². The fourth-order valence-corrected chi connectivity index (χ4v) is 5.93. The number of nitrogens with zero attached hydrogens (tertiary/aromatic N) is 3. The zero-order valence-corrected chi connectivity index (χ0v) is 23.6. The van der Waals surface area contributed by atoms with Gasteiger partial charge in [-0.15, -0.1) is 0 Å². The van der Waals surface area contributed by atoms with E-state index >= 15 is 0 Å². The monoisotopic (exact) mass is 562 g/mol. The number of hydrogen-bond donors (Lipinski definition) is 1. The molecule has 1 fully saturated rings. The van der Waals surface area contributed by atoms with Crippen molar-refractivity contribution in [2.24, 2.45) is 4.99 Å². The molecular formula is C30H34N4O5S. The van der Waals surface area contributed by atoms with Crippen LogP contribution in [0.2, 0.25) is 0 Å². The highest BCUT2D eigenvalue weighted by Crippen LogP contribution is 2.45. The van der Waals surface area contributed by atoms with Gasteiger partial charge in [0.25, 0.3) is 0 Å². The molecule has 3 heterocycles. The third-order valence-corrected chi connectivity index (χ3v) is 7.93. The van der Waals surface area contributed by atoms with Gasteiger partial charge < -0.3 is 24.4 Å². The Balaban J connectivity index is 1.35. The number of fused-ring (bicyclic) bond motifs is 1. The molecule has 1 atom stereocenters. The maximum atomic E-state index is 13.6. The first kappa shape index (κ1) is 27.9. The second-order valence-electron chi connectivity index (χ2n) is 9.71. The van der Waals surface area contributed by atoms with Crippen LogP contribution in [-0.2, 0) is 25.7 Å². The second-order valence-corrected chi connectivity index (χ2v) is 10.5. The van der Waals surface area contributed by atoms with E-state index in [1.54, 1.807) is 7.11 Å². The molecule has 0 spiro atoms. The molecule has 5 rings (SSSR count). The number of amides is 1. The molecule has 0 radical (unpaired) electrons. The quantitative estimate of drug-likeness (QED) is 0.437. The molecule has 9 nitrogen and oxygen atoms in total. The van der Waals surface area contributed by atoms with Crippen LogP contribution in [-0.4, -0.2) is 73.3 Å². The molecule has 10 heteroatoms. The van der Waals surface area contributed by atoms with Crippen LogP contribution < -0.4 is 10.1 Å². The van der Waals surface area contributed by atoms with Crippen molar-refractivity contribution in [3.8, 4) is 5.75 Å². The summed E-state index contributed by atoms with van der Waals surface area (Å²) in [5.74, 6) is 0.155. The van der Waals surface area contributed by atoms with Crippen LogP contribution in [0.5, 0.6) is 5.75 Å². The number of carbonyl (C=O) groups is 2. The van der Waals surface area contributed by atoms with Crippen molar-refractivity contribution in [1.82, 2.24) is 15.1 Å². The van der Waals surface area contributed by atoms with Crippen molar-refractivity contribution in [2.45, 2.75) is 26.0 Å². The van der Waals surface area contributed by atoms with E-state index in [2.05, 4.69) is 10.2 Å². The molecule has 0 saturated carbocycles. The number of allylic oxidation sites excluding steroid dienone is 1. The summed E-state index contributed by atoms with van der Waals surface area (Å²) in [6.45, 7) is 6.54. The minimum Gasteiger partial charge on any atom is -0.497 e. The highest BCUT2D eigenvalue weighted by molar-refractivity contribution is 8.16. The number of amidine groups is 1. The topological polar surface area (TPSA) is 92.7 Å². The zero-order valence-electron chi connectivity index (χ0n) is 22.8. The van der Waals surface area contributed by atoms with Crippen LogP contribution in [0.3, 0.4) is 0 Å². The molecule has 1 N–H and O–H groups in total. The summed E-state index contributed by atoms with van der Waals surface area (Å²) in [6.07, 6.45) is 0.168. The summed E-state index contributed by atoms with van der Waals surface area (Å²) in [6, 6.07) is 16.7. The minimum absolute atomic E-state index is 0.0785. The lowest BCUT2D eigenvalue weighted by Crippen LogP contribution is -2.42. The molecule has 2 aromatic rings. The van der Waals surface area contributed by atoms with Crippen LogP contribution in [0.25, 0.3) is 0 Å². The molecule has 1 amide bonds. The molecule has 40 heavy (non-hydrogen) atoms. The van der Waals surface area contributed by atoms with Gasteiger partial charge in [0.2, 0.25) is 5.91 Å². The maximum absolute atomic E-state index is 13.6. The molecular weight excluding hydrogens is 528 g/mol. The number of ether oxygens (including phenoxy) is 3. The van der Waals surface area contributed by atoms with Crippen molar-refractivity contribution < 1.29 is 23.8 Å². The number of hydrogen-bond acceptors (Lipinski definition) is 9. The van der Waals surface area contributed by atoms with Gasteiger partial charge in [0.05, 0.1) is 44.1 Å². The summed E-state index contributed by atoms with van der Waals surface area (Å²) in [5, 5.41) is 5.71. The molecule has 2 aromatic carbocycles. The SMILES string of the molecule is COc1cccc(C2C(C(=O)OCc3ccccc3)=C(C)N=C3SC=C(CC(=O)NCCN4CCOCC4)N32)c1. The van der Waals surface area contributed by atoms with Gasteiger partial charge in [-0.05, 0) is 35.6 Å². The molecule has 0 bridgehead atoms. The number of nitrogens with one attached hydrogen (secondary N) is 1. The molecule has 1 saturated heterocycles. The zero-order chi connectivity index (χ0) is 27.9. The summed E-state index contributed by atoms with van der Waals surface area (Å²) < 4.78 is 16.7. The highest BCUT2D eigenvalue weighted by atomic mass is 32.2. The molecule has 210 valence electrons. The number of thioether (sulfide) groups is 1. The number of aliphatic imine (C=N–C) groups is 1. The number of esters is 1. The third kappa shape index (κ3) is 6.57. The summed E-state index contributed by atoms with van der Waals surface area (Å²) in [5.41, 5.74) is 3.56. The van der Waals surface area contributed by atoms with Gasteiger partial charge in [0.1, 0.15) is 12.4 Å². The van der Waals surface area contributed by atoms with Crippen LogP contribution in [0.4, 0.5) is 0 Å². The number of methoxy groups -OCH3 is 1. The normalized spacial score (nSPS) is 19.1. The average molecular weight is 563 g/mol. The molecule has 1 unspecified atom stereocenters. The largest absolute Gasteiger partial charge is 0.497 e. The summed E-state index contributed by atoms with van der Waals surface area (Å²) in [4.78, 5) is 35.6. The van der Waals surface area contributed by atoms with Gasteiger partial charge in [-0.1, -0.05) is 54.2 Å². The fourth-order valence-electron chi connectivity index (χ4n) is 4.96. The van der Waals surface area contributed by atoms with Crippen molar-refractivity contribution >= 4 is 28.8 Å². The third-order valence-electron chi connectivity index (χ3n) is 7.04. The van der Waals surface area contributed by atoms with Crippen LogP contribution in [0, 0.1) is 0 Å². The van der Waals surface area contributed by atoms with Crippen LogP contribution in [0.1, 0.15) is 30.5 Å². The fraction of sp³-hybridized carbons (Fsp3) is 0.367. The van der Waals surface area contributed by atoms with Crippen molar-refractivity contribution in [2.75, 3.05) is 46.5 Å². The number of carbonyl (C=O) groups excluding carboxylic acids is 2. The highest BCUT2D eigenvalue weighted by Gasteiger charge is 2.41. The van der Waals surface area contributed by atoms with E-state index in [1.807, 2.05) is 71.8 Å². The summed E-state index contributed by atoms with van der Waals surface area (Å²) >= 11 is 1.45. The second kappa shape index (κ2) is 13.2. The van der Waals surface area contributed by atoms with E-state index in [1.165, 1.54) is 11.8 Å². The lowest BCUT2D eigenvalue weighted by atomic mass is 9.93. The number of morpholine rings is 1. The Labute approximate surface area is 238 Å². The van der Waals surface area contributed by atoms with E-state index in [4.69, 9.17) is 19.2 Å². The standard InChI is InChI=1S/C30H34N4O5S/c1-21-27(29(36)39-19-22-7-4-3-5-8-22)28(23-9-6-10-25(17-23)37-2)34-24(20-40-30(34)32-21)18-26(35)31-11-12-33-13-15-38-16-14-33/h3-10,17,20,28H,11-16,18-19H2,1-2H3,(H,31,35). The van der Waals surface area contributed by atoms with Crippen molar-refractivity contribution in [1.29, 1.82) is 0 Å². The lowest BCUT2D eigenvalue weighted by molar-refractivity contribution is -0.141. The predicted molar refractivity (Wildman–Crippen MR) is 155 cm³/mol. The van der Waals surface area contributed by atoms with Crippen LogP contribution in [0.15, 0.2) is 82.0 Å². The molecule has 0 aliphatic carbocycles. The Hall–Kier alpha value is -3.60. The van der Waals surface area contributed by atoms with Gasteiger partial charge in [0, 0.05) is 31.9 Å². The van der Waals surface area contributed by atoms with Gasteiger partial charge >= 0.3 is 5.97 Å². The van der Waals surface area contributed by atoms with Gasteiger partial charge in [-0.2, -0.15) is 0 Å². The maximum Gasteiger partial charge on any atom is 0.338 e. The van der Waals surface area contributed by atoms with Gasteiger partial charge in [-0.25, -0.2) is 9.79 Å². The Bertz CT molecular complexity index is 1320. The van der Waals surface area contributed by atoms with E-state index < -0.39 is 12.0 Å². The smallest absolute Gasteiger partial charge is 0.338 e. The Morgan fingerprint density at radius 3 is 2.70 bits per heavy atom. The number of benzene rings is 2. The Morgan fingerprint density at radius 1 is 1.12 bits per heavy atom. The van der Waals surface area contributed by atoms with Crippen LogP contribution >= 0.6 is 11.8 Å². The van der Waals surface area contributed by atoms with E-state index in [9.17, 15) is 9.59 Å². The van der Waals surface area contributed by atoms with E-state index in [-0.39, 0.29) is 18.9 Å². The van der Waals surface area contributed by atoms with Gasteiger partial charge in [-0.3, -0.25) is 9.69 Å². The first-order chi connectivity index (χ1) is 19.5. The molecule has 3 aliphatic heterocycles. The van der Waals surface area contributed by atoms with E-state index in [0.717, 1.165) is 54.8 Å². The lowest BCUT2D eigenvalue weighted by Gasteiger charge is -2.36. The average Bonchev–Trinajstić information content (AvgIpc) is 3.37. The van der Waals surface area contributed by atoms with Gasteiger partial charge in [0.15, 0.2) is 5.17 Å². The number of rotatable bonds is 10. The first-order valence-electron chi connectivity index (χ1n) is 13.4. The first-order valence-corrected chi connectivity index (χ1v) is 14.3. The Morgan fingerprint density at radius 2 is 1.93 bits per heavy atom. The van der Waals surface area contributed by atoms with Crippen molar-refractivity contribution in [3.05, 3.63) is 88.1 Å². The predicted octanol–water partition coefficient (Wildman–Crippen LogP) is 3.85. The molecule has 0 aromatic heterocycles.